The molecule has 0 aliphatic rings. The van der Waals surface area contributed by atoms with Gasteiger partial charge in [-0.25, -0.2) is 0 Å². The van der Waals surface area contributed by atoms with E-state index in [4.69, 9.17) is 0 Å². The summed E-state index contributed by atoms with van der Waals surface area (Å²) in [4.78, 5) is 0. The molecule has 0 heterocycles. The Labute approximate surface area is 111 Å². The number of rotatable bonds is 4. The Morgan fingerprint density at radius 1 is 1.00 bits per heavy atom. The quantitative estimate of drug-likeness (QED) is 0.636. The first-order chi connectivity index (χ1) is 8.52. The maximum atomic E-state index is 2.37. The summed E-state index contributed by atoms with van der Waals surface area (Å²) in [5, 5.41) is 2.69. The van der Waals surface area contributed by atoms with Crippen LogP contribution in [0.25, 0.3) is 10.8 Å². The van der Waals surface area contributed by atoms with Crippen molar-refractivity contribution in [3.63, 3.8) is 0 Å². The van der Waals surface area contributed by atoms with E-state index in [2.05, 4.69) is 70.2 Å². The molecule has 0 aliphatic heterocycles. The van der Waals surface area contributed by atoms with Crippen LogP contribution in [0.3, 0.4) is 0 Å². The molecule has 0 radical (unpaired) electrons. The second-order valence-electron chi connectivity index (χ2n) is 6.23. The van der Waals surface area contributed by atoms with Gasteiger partial charge in [0.2, 0.25) is 0 Å². The summed E-state index contributed by atoms with van der Waals surface area (Å²) >= 11 is 0. The molecule has 0 amide bonds. The van der Waals surface area contributed by atoms with Crippen LogP contribution in [0.2, 0.25) is 0 Å². The second kappa shape index (κ2) is 5.14. The van der Waals surface area contributed by atoms with E-state index in [1.807, 2.05) is 0 Å². The normalized spacial score (nSPS) is 13.8. The molecule has 2 aromatic carbocycles. The minimum atomic E-state index is 0.436. The highest BCUT2D eigenvalue weighted by Crippen LogP contribution is 2.34. The molecule has 2 aromatic rings. The zero-order valence-corrected chi connectivity index (χ0v) is 12.0. The number of hydrogen-bond acceptors (Lipinski definition) is 0. The van der Waals surface area contributed by atoms with Gasteiger partial charge in [-0.05, 0) is 34.1 Å². The van der Waals surface area contributed by atoms with Gasteiger partial charge in [-0.3, -0.25) is 0 Å². The van der Waals surface area contributed by atoms with Gasteiger partial charge in [0.1, 0.15) is 0 Å². The first kappa shape index (κ1) is 13.1. The van der Waals surface area contributed by atoms with Crippen molar-refractivity contribution in [3.8, 4) is 0 Å². The zero-order chi connectivity index (χ0) is 13.2. The number of hydrogen-bond donors (Lipinski definition) is 0. The molecule has 0 N–H and O–H groups in total. The maximum Gasteiger partial charge on any atom is -0.0181 e. The minimum absolute atomic E-state index is 0.436. The summed E-state index contributed by atoms with van der Waals surface area (Å²) in [6, 6.07) is 15.5. The average Bonchev–Trinajstić information content (AvgIpc) is 2.37. The summed E-state index contributed by atoms with van der Waals surface area (Å²) in [6.45, 7) is 9.36. The van der Waals surface area contributed by atoms with Crippen LogP contribution in [0.1, 0.15) is 52.0 Å². The summed E-state index contributed by atoms with van der Waals surface area (Å²) in [7, 11) is 0. The van der Waals surface area contributed by atoms with Crippen LogP contribution >= 0.6 is 0 Å². The van der Waals surface area contributed by atoms with Gasteiger partial charge >= 0.3 is 0 Å². The molecule has 0 bridgehead atoms. The second-order valence-corrected chi connectivity index (χ2v) is 6.23. The van der Waals surface area contributed by atoms with Crippen LogP contribution in [0, 0.1) is 5.41 Å². The van der Waals surface area contributed by atoms with Crippen LogP contribution < -0.4 is 0 Å². The molecule has 18 heavy (non-hydrogen) atoms. The molecule has 1 unspecified atom stereocenters. The van der Waals surface area contributed by atoms with E-state index < -0.39 is 0 Å². The molecule has 0 saturated heterocycles. The highest BCUT2D eigenvalue weighted by molar-refractivity contribution is 5.83. The van der Waals surface area contributed by atoms with Crippen LogP contribution in [0.5, 0.6) is 0 Å². The molecule has 0 fully saturated rings. The van der Waals surface area contributed by atoms with Crippen molar-refractivity contribution in [1.82, 2.24) is 0 Å². The Morgan fingerprint density at radius 2 is 1.67 bits per heavy atom. The summed E-state index contributed by atoms with van der Waals surface area (Å²) in [5.41, 5.74) is 1.90. The maximum absolute atomic E-state index is 2.37. The highest BCUT2D eigenvalue weighted by atomic mass is 14.2. The van der Waals surface area contributed by atoms with Crippen molar-refractivity contribution < 1.29 is 0 Å². The van der Waals surface area contributed by atoms with E-state index in [0.29, 0.717) is 11.3 Å². The lowest BCUT2D eigenvalue weighted by molar-refractivity contribution is 0.300. The lowest BCUT2D eigenvalue weighted by atomic mass is 9.79. The number of fused-ring (bicyclic) bond motifs is 1. The van der Waals surface area contributed by atoms with Crippen LogP contribution in [0.15, 0.2) is 42.5 Å². The fourth-order valence-corrected chi connectivity index (χ4v) is 2.61. The largest absolute Gasteiger partial charge is 0.0649 e. The van der Waals surface area contributed by atoms with E-state index in [1.54, 1.807) is 0 Å². The van der Waals surface area contributed by atoms with E-state index in [1.165, 1.54) is 29.2 Å². The molecule has 0 aliphatic carbocycles. The van der Waals surface area contributed by atoms with Crippen molar-refractivity contribution in [2.75, 3.05) is 0 Å². The standard InChI is InChI=1S/C18H24/c1-5-18(3,4)13-14(2)16-11-10-15-8-6-7-9-17(15)12-16/h6-12,14H,5,13H2,1-4H3. The molecule has 0 spiro atoms. The molecule has 0 nitrogen and oxygen atoms in total. The van der Waals surface area contributed by atoms with Gasteiger partial charge < -0.3 is 0 Å². The lowest BCUT2D eigenvalue weighted by Gasteiger charge is -2.27. The van der Waals surface area contributed by atoms with Crippen molar-refractivity contribution in [3.05, 3.63) is 48.0 Å². The van der Waals surface area contributed by atoms with Gasteiger partial charge in [-0.1, -0.05) is 76.6 Å². The average molecular weight is 240 g/mol. The smallest absolute Gasteiger partial charge is 0.0181 e. The van der Waals surface area contributed by atoms with Gasteiger partial charge in [0.25, 0.3) is 0 Å². The molecule has 0 aromatic heterocycles. The molecule has 2 rings (SSSR count). The van der Waals surface area contributed by atoms with Crippen molar-refractivity contribution in [1.29, 1.82) is 0 Å². The van der Waals surface area contributed by atoms with Crippen molar-refractivity contribution in [2.45, 2.75) is 46.5 Å². The summed E-state index contributed by atoms with van der Waals surface area (Å²) < 4.78 is 0. The molecular weight excluding hydrogens is 216 g/mol. The van der Waals surface area contributed by atoms with Crippen LogP contribution in [0.4, 0.5) is 0 Å². The molecule has 1 atom stereocenters. The van der Waals surface area contributed by atoms with Crippen LogP contribution in [-0.4, -0.2) is 0 Å². The molecule has 0 heteroatoms. The Morgan fingerprint density at radius 3 is 2.33 bits per heavy atom. The Kier molecular flexibility index (Phi) is 3.75. The fourth-order valence-electron chi connectivity index (χ4n) is 2.61. The third-order valence-electron chi connectivity index (χ3n) is 4.16. The first-order valence-electron chi connectivity index (χ1n) is 7.00. The predicted octanol–water partition coefficient (Wildman–Crippen LogP) is 5.77. The third kappa shape index (κ3) is 2.93. The molecule has 96 valence electrons. The summed E-state index contributed by atoms with van der Waals surface area (Å²) in [6.07, 6.45) is 2.49. The molecular formula is C18H24. The third-order valence-corrected chi connectivity index (χ3v) is 4.16. The van der Waals surface area contributed by atoms with Gasteiger partial charge in [0.05, 0.1) is 0 Å². The minimum Gasteiger partial charge on any atom is -0.0649 e. The summed E-state index contributed by atoms with van der Waals surface area (Å²) in [5.74, 6) is 0.629. The predicted molar refractivity (Wildman–Crippen MR) is 81.1 cm³/mol. The zero-order valence-electron chi connectivity index (χ0n) is 12.0. The number of benzene rings is 2. The Hall–Kier alpha value is -1.30. The SMILES string of the molecule is CCC(C)(C)CC(C)c1ccc2ccccc2c1. The lowest BCUT2D eigenvalue weighted by Crippen LogP contribution is -2.13. The topological polar surface area (TPSA) is 0 Å². The van der Waals surface area contributed by atoms with E-state index in [0.717, 1.165) is 0 Å². The van der Waals surface area contributed by atoms with Gasteiger partial charge in [0.15, 0.2) is 0 Å². The van der Waals surface area contributed by atoms with Crippen molar-refractivity contribution in [2.24, 2.45) is 5.41 Å². The van der Waals surface area contributed by atoms with Crippen LogP contribution in [-0.2, 0) is 0 Å². The van der Waals surface area contributed by atoms with E-state index in [-0.39, 0.29) is 0 Å². The van der Waals surface area contributed by atoms with E-state index in [9.17, 15) is 0 Å². The Balaban J connectivity index is 2.25. The van der Waals surface area contributed by atoms with Gasteiger partial charge in [-0.2, -0.15) is 0 Å². The monoisotopic (exact) mass is 240 g/mol. The highest BCUT2D eigenvalue weighted by Gasteiger charge is 2.19. The molecule has 0 saturated carbocycles. The van der Waals surface area contributed by atoms with Gasteiger partial charge in [-0.15, -0.1) is 0 Å². The Bertz CT molecular complexity index is 522. The fraction of sp³-hybridized carbons (Fsp3) is 0.444. The van der Waals surface area contributed by atoms with E-state index >= 15 is 0 Å². The first-order valence-corrected chi connectivity index (χ1v) is 7.00. The van der Waals surface area contributed by atoms with Crippen molar-refractivity contribution >= 4 is 10.8 Å². The van der Waals surface area contributed by atoms with Gasteiger partial charge in [0, 0.05) is 0 Å².